The van der Waals surface area contributed by atoms with Crippen molar-refractivity contribution in [2.24, 2.45) is 5.73 Å². The predicted molar refractivity (Wildman–Crippen MR) is 62.0 cm³/mol. The number of rotatable bonds is 4. The number of nitrogens with two attached hydrogens (primary N) is 1. The van der Waals surface area contributed by atoms with Crippen molar-refractivity contribution in [1.29, 1.82) is 0 Å². The maximum atomic E-state index is 12.0. The summed E-state index contributed by atoms with van der Waals surface area (Å²) in [5, 5.41) is -0.212. The zero-order valence-corrected chi connectivity index (χ0v) is 10.6. The van der Waals surface area contributed by atoms with Crippen LogP contribution in [0.25, 0.3) is 0 Å². The van der Waals surface area contributed by atoms with E-state index in [1.165, 1.54) is 0 Å². The van der Waals surface area contributed by atoms with Crippen LogP contribution in [0.4, 0.5) is 0 Å². The molecule has 0 aromatic rings. The highest BCUT2D eigenvalue weighted by atomic mass is 32.2. The van der Waals surface area contributed by atoms with Crippen LogP contribution in [0.3, 0.4) is 0 Å². The van der Waals surface area contributed by atoms with E-state index in [1.807, 2.05) is 20.8 Å². The van der Waals surface area contributed by atoms with Crippen LogP contribution in [0.2, 0.25) is 0 Å². The van der Waals surface area contributed by atoms with Gasteiger partial charge >= 0.3 is 0 Å². The lowest BCUT2D eigenvalue weighted by molar-refractivity contribution is 0.385. The number of sulfonamides is 1. The van der Waals surface area contributed by atoms with Gasteiger partial charge in [-0.2, -0.15) is 0 Å². The number of nitrogens with one attached hydrogen (secondary N) is 1. The Labute approximate surface area is 92.7 Å². The van der Waals surface area contributed by atoms with Gasteiger partial charge in [0.05, 0.1) is 5.25 Å². The zero-order chi connectivity index (χ0) is 11.7. The van der Waals surface area contributed by atoms with E-state index >= 15 is 0 Å². The summed E-state index contributed by atoms with van der Waals surface area (Å²) in [5.41, 5.74) is 5.18. The Hall–Kier alpha value is -0.130. The standard InChI is InChI=1S/C10H22N2O2S/c1-8(11)10(2,3)12-15(13,14)9-6-4-5-7-9/h8-9,12H,4-7,11H2,1-3H3. The maximum absolute atomic E-state index is 12.0. The van der Waals surface area contributed by atoms with Crippen molar-refractivity contribution in [1.82, 2.24) is 4.72 Å². The minimum absolute atomic E-state index is 0.200. The Morgan fingerprint density at radius 3 is 2.20 bits per heavy atom. The highest BCUT2D eigenvalue weighted by Crippen LogP contribution is 2.25. The summed E-state index contributed by atoms with van der Waals surface area (Å²) in [6, 6.07) is -0.200. The van der Waals surface area contributed by atoms with Crippen LogP contribution in [0.5, 0.6) is 0 Å². The molecule has 5 heteroatoms. The fourth-order valence-electron chi connectivity index (χ4n) is 1.74. The van der Waals surface area contributed by atoms with Crippen LogP contribution in [-0.4, -0.2) is 25.2 Å². The third-order valence-electron chi connectivity index (χ3n) is 3.28. The quantitative estimate of drug-likeness (QED) is 0.761. The van der Waals surface area contributed by atoms with Crippen LogP contribution < -0.4 is 10.5 Å². The molecule has 0 heterocycles. The van der Waals surface area contributed by atoms with Crippen molar-refractivity contribution in [3.63, 3.8) is 0 Å². The molecule has 15 heavy (non-hydrogen) atoms. The van der Waals surface area contributed by atoms with Crippen LogP contribution in [0.15, 0.2) is 0 Å². The normalized spacial score (nSPS) is 21.9. The highest BCUT2D eigenvalue weighted by molar-refractivity contribution is 7.90. The first-order chi connectivity index (χ1) is 6.76. The van der Waals surface area contributed by atoms with Crippen molar-refractivity contribution in [3.05, 3.63) is 0 Å². The van der Waals surface area contributed by atoms with Crippen LogP contribution in [-0.2, 0) is 10.0 Å². The van der Waals surface area contributed by atoms with E-state index in [0.29, 0.717) is 0 Å². The second-order valence-electron chi connectivity index (χ2n) is 5.06. The molecule has 4 nitrogen and oxygen atoms in total. The third kappa shape index (κ3) is 3.16. The third-order valence-corrected chi connectivity index (χ3v) is 5.44. The summed E-state index contributed by atoms with van der Waals surface area (Å²) in [7, 11) is -3.19. The molecule has 3 N–H and O–H groups in total. The van der Waals surface area contributed by atoms with Gasteiger partial charge < -0.3 is 5.73 Å². The van der Waals surface area contributed by atoms with Gasteiger partial charge in [-0.05, 0) is 33.6 Å². The predicted octanol–water partition coefficient (Wildman–Crippen LogP) is 0.974. The van der Waals surface area contributed by atoms with Crippen molar-refractivity contribution in [3.8, 4) is 0 Å². The molecular weight excluding hydrogens is 212 g/mol. The van der Waals surface area contributed by atoms with Crippen LogP contribution in [0.1, 0.15) is 46.5 Å². The summed E-state index contributed by atoms with van der Waals surface area (Å²) in [5.74, 6) is 0. The Bertz CT molecular complexity index is 303. The average molecular weight is 234 g/mol. The van der Waals surface area contributed by atoms with Gasteiger partial charge in [-0.25, -0.2) is 13.1 Å². The first-order valence-electron chi connectivity index (χ1n) is 5.54. The Balaban J connectivity index is 2.71. The van der Waals surface area contributed by atoms with Crippen LogP contribution in [0, 0.1) is 0 Å². The lowest BCUT2D eigenvalue weighted by atomic mass is 9.99. The molecule has 0 aromatic heterocycles. The van der Waals surface area contributed by atoms with Crippen molar-refractivity contribution < 1.29 is 8.42 Å². The Morgan fingerprint density at radius 1 is 1.33 bits per heavy atom. The molecule has 1 aliphatic carbocycles. The van der Waals surface area contributed by atoms with E-state index in [-0.39, 0.29) is 11.3 Å². The fraction of sp³-hybridized carbons (Fsp3) is 1.00. The van der Waals surface area contributed by atoms with Gasteiger partial charge in [0, 0.05) is 11.6 Å². The molecule has 0 aliphatic heterocycles. The Kier molecular flexibility index (Phi) is 3.79. The molecule has 0 aromatic carbocycles. The molecule has 1 atom stereocenters. The summed E-state index contributed by atoms with van der Waals surface area (Å²) in [6.07, 6.45) is 3.60. The van der Waals surface area contributed by atoms with Gasteiger partial charge in [0.2, 0.25) is 10.0 Å². The smallest absolute Gasteiger partial charge is 0.215 e. The molecule has 1 aliphatic rings. The van der Waals surface area contributed by atoms with Gasteiger partial charge in [0.1, 0.15) is 0 Å². The lowest BCUT2D eigenvalue weighted by Crippen LogP contribution is -2.56. The first-order valence-corrected chi connectivity index (χ1v) is 7.09. The van der Waals surface area contributed by atoms with E-state index in [2.05, 4.69) is 4.72 Å². The monoisotopic (exact) mass is 234 g/mol. The van der Waals surface area contributed by atoms with Crippen molar-refractivity contribution in [2.75, 3.05) is 0 Å². The SMILES string of the molecule is CC(N)C(C)(C)NS(=O)(=O)C1CCCC1. The molecule has 1 rings (SSSR count). The molecule has 1 unspecified atom stereocenters. The topological polar surface area (TPSA) is 72.2 Å². The molecule has 0 amide bonds. The fourth-order valence-corrected chi connectivity index (χ4v) is 3.78. The minimum Gasteiger partial charge on any atom is -0.326 e. The second kappa shape index (κ2) is 4.39. The zero-order valence-electron chi connectivity index (χ0n) is 9.79. The molecular formula is C10H22N2O2S. The molecule has 0 saturated heterocycles. The molecule has 90 valence electrons. The van der Waals surface area contributed by atoms with Crippen molar-refractivity contribution in [2.45, 2.75) is 63.3 Å². The van der Waals surface area contributed by atoms with E-state index < -0.39 is 15.6 Å². The van der Waals surface area contributed by atoms with Crippen LogP contribution >= 0.6 is 0 Å². The number of hydrogen-bond donors (Lipinski definition) is 2. The summed E-state index contributed by atoms with van der Waals surface area (Å²) in [6.45, 7) is 5.46. The lowest BCUT2D eigenvalue weighted by Gasteiger charge is -2.31. The number of hydrogen-bond acceptors (Lipinski definition) is 3. The summed E-state index contributed by atoms with van der Waals surface area (Å²) in [4.78, 5) is 0. The summed E-state index contributed by atoms with van der Waals surface area (Å²) < 4.78 is 26.7. The molecule has 0 spiro atoms. The van der Waals surface area contributed by atoms with Gasteiger partial charge in [0.25, 0.3) is 0 Å². The summed E-state index contributed by atoms with van der Waals surface area (Å²) >= 11 is 0. The Morgan fingerprint density at radius 2 is 1.80 bits per heavy atom. The van der Waals surface area contributed by atoms with Crippen molar-refractivity contribution >= 4 is 10.0 Å². The average Bonchev–Trinajstić information content (AvgIpc) is 2.53. The van der Waals surface area contributed by atoms with Gasteiger partial charge in [-0.15, -0.1) is 0 Å². The van der Waals surface area contributed by atoms with E-state index in [1.54, 1.807) is 0 Å². The van der Waals surface area contributed by atoms with E-state index in [4.69, 9.17) is 5.73 Å². The minimum atomic E-state index is -3.19. The molecule has 0 bridgehead atoms. The van der Waals surface area contributed by atoms with Gasteiger partial charge in [-0.3, -0.25) is 0 Å². The van der Waals surface area contributed by atoms with Gasteiger partial charge in [-0.1, -0.05) is 12.8 Å². The largest absolute Gasteiger partial charge is 0.326 e. The van der Waals surface area contributed by atoms with E-state index in [0.717, 1.165) is 25.7 Å². The molecule has 1 saturated carbocycles. The first kappa shape index (κ1) is 12.9. The second-order valence-corrected chi connectivity index (χ2v) is 7.02. The molecule has 1 fully saturated rings. The maximum Gasteiger partial charge on any atom is 0.215 e. The molecule has 0 radical (unpaired) electrons. The van der Waals surface area contributed by atoms with Gasteiger partial charge in [0.15, 0.2) is 0 Å². The highest BCUT2D eigenvalue weighted by Gasteiger charge is 2.35. The van der Waals surface area contributed by atoms with E-state index in [9.17, 15) is 8.42 Å².